The van der Waals surface area contributed by atoms with E-state index in [0.717, 1.165) is 0 Å². The molecular weight excluding hydrogens is 148 g/mol. The Bertz CT molecular complexity index is 68.0. The number of alkyl halides is 2. The van der Waals surface area contributed by atoms with E-state index in [1.165, 1.54) is 0 Å². The minimum absolute atomic E-state index is 0. The van der Waals surface area contributed by atoms with E-state index in [9.17, 15) is 8.78 Å². The molecule has 0 bridgehead atoms. The maximum atomic E-state index is 11.8. The molecule has 4 heteroatoms. The van der Waals surface area contributed by atoms with E-state index in [1.54, 1.807) is 14.1 Å². The van der Waals surface area contributed by atoms with Crippen LogP contribution in [0.3, 0.4) is 0 Å². The zero-order valence-corrected chi connectivity index (χ0v) is 6.55. The number of hydrogen-bond donors (Lipinski definition) is 0. The summed E-state index contributed by atoms with van der Waals surface area (Å²) in [5.41, 5.74) is 0. The van der Waals surface area contributed by atoms with Gasteiger partial charge in [0.2, 0.25) is 6.80 Å². The highest BCUT2D eigenvalue weighted by Crippen LogP contribution is 1.95. The highest BCUT2D eigenvalue weighted by Gasteiger charge is 2.11. The van der Waals surface area contributed by atoms with Crippen LogP contribution in [0.5, 0.6) is 0 Å². The van der Waals surface area contributed by atoms with Crippen LogP contribution >= 0.6 is 12.4 Å². The van der Waals surface area contributed by atoms with Crippen molar-refractivity contribution in [3.63, 3.8) is 0 Å². The second-order valence-corrected chi connectivity index (χ2v) is 2.47. The summed E-state index contributed by atoms with van der Waals surface area (Å²) in [4.78, 5) is 0. The van der Waals surface area contributed by atoms with Crippen molar-refractivity contribution in [1.29, 1.82) is 0 Å². The molecular formula is C5H13ClF2N+. The number of rotatable bonds is 3. The van der Waals surface area contributed by atoms with E-state index in [4.69, 9.17) is 0 Å². The van der Waals surface area contributed by atoms with Gasteiger partial charge in [-0.25, -0.2) is 4.39 Å². The fourth-order valence-corrected chi connectivity index (χ4v) is 0.289. The molecule has 0 aromatic carbocycles. The summed E-state index contributed by atoms with van der Waals surface area (Å²) in [5, 5.41) is 0. The van der Waals surface area contributed by atoms with Crippen LogP contribution in [-0.2, 0) is 0 Å². The Balaban J connectivity index is 0. The molecule has 0 aliphatic rings. The smallest absolute Gasteiger partial charge is 0.221 e. The van der Waals surface area contributed by atoms with E-state index >= 15 is 0 Å². The molecule has 0 radical (unpaired) electrons. The maximum absolute atomic E-state index is 11.8. The van der Waals surface area contributed by atoms with Gasteiger partial charge >= 0.3 is 0 Å². The molecule has 0 saturated carbocycles. The third kappa shape index (κ3) is 5.99. The van der Waals surface area contributed by atoms with Crippen molar-refractivity contribution in [1.82, 2.24) is 0 Å². The zero-order chi connectivity index (χ0) is 6.62. The van der Waals surface area contributed by atoms with Crippen molar-refractivity contribution < 1.29 is 13.3 Å². The molecule has 0 aromatic rings. The van der Waals surface area contributed by atoms with E-state index in [1.807, 2.05) is 0 Å². The summed E-state index contributed by atoms with van der Waals surface area (Å²) >= 11 is 0. The lowest BCUT2D eigenvalue weighted by Crippen LogP contribution is -2.40. The first-order valence-electron chi connectivity index (χ1n) is 2.56. The monoisotopic (exact) mass is 160 g/mol. The van der Waals surface area contributed by atoms with E-state index in [2.05, 4.69) is 0 Å². The Labute approximate surface area is 60.7 Å². The standard InChI is InChI=1S/C5H12F2N.ClH/c1-8(2,5-7)4-3-6;/h3-5H2,1-2H3;1H/q+1;. The highest BCUT2D eigenvalue weighted by atomic mass is 35.5. The minimum Gasteiger partial charge on any atom is -0.300 e. The van der Waals surface area contributed by atoms with Gasteiger partial charge in [0, 0.05) is 0 Å². The van der Waals surface area contributed by atoms with Crippen LogP contribution in [0.1, 0.15) is 0 Å². The SMILES string of the molecule is C[N+](C)(CF)CCF.Cl. The topological polar surface area (TPSA) is 0 Å². The number of quaternary nitrogens is 1. The first kappa shape index (κ1) is 11.9. The Kier molecular flexibility index (Phi) is 6.51. The van der Waals surface area contributed by atoms with Crippen molar-refractivity contribution in [3.8, 4) is 0 Å². The molecule has 0 aliphatic heterocycles. The zero-order valence-electron chi connectivity index (χ0n) is 5.73. The molecule has 0 heterocycles. The van der Waals surface area contributed by atoms with Gasteiger partial charge in [-0.1, -0.05) is 0 Å². The van der Waals surface area contributed by atoms with E-state index < -0.39 is 13.5 Å². The predicted octanol–water partition coefficient (Wildman–Crippen LogP) is 1.38. The molecule has 0 unspecified atom stereocenters. The number of halogens is 3. The second kappa shape index (κ2) is 4.94. The van der Waals surface area contributed by atoms with Crippen LogP contribution in [-0.4, -0.2) is 38.6 Å². The molecule has 0 amide bonds. The minimum atomic E-state index is -0.496. The molecule has 58 valence electrons. The van der Waals surface area contributed by atoms with Gasteiger partial charge < -0.3 is 0 Å². The number of hydrogen-bond acceptors (Lipinski definition) is 0. The predicted molar refractivity (Wildman–Crippen MR) is 36.2 cm³/mol. The summed E-state index contributed by atoms with van der Waals surface area (Å²) in [6, 6.07) is 0. The van der Waals surface area contributed by atoms with Crippen molar-refractivity contribution in [3.05, 3.63) is 0 Å². The Morgan fingerprint density at radius 3 is 1.78 bits per heavy atom. The van der Waals surface area contributed by atoms with Crippen molar-refractivity contribution in [2.45, 2.75) is 0 Å². The molecule has 0 aromatic heterocycles. The highest BCUT2D eigenvalue weighted by molar-refractivity contribution is 5.85. The average molecular weight is 161 g/mol. The van der Waals surface area contributed by atoms with Crippen LogP contribution < -0.4 is 0 Å². The van der Waals surface area contributed by atoms with Crippen LogP contribution in [0.15, 0.2) is 0 Å². The van der Waals surface area contributed by atoms with Gasteiger partial charge in [-0.2, -0.15) is 4.39 Å². The maximum Gasteiger partial charge on any atom is 0.221 e. The molecule has 9 heavy (non-hydrogen) atoms. The average Bonchev–Trinajstić information content (AvgIpc) is 1.67. The molecule has 0 atom stereocenters. The second-order valence-electron chi connectivity index (χ2n) is 2.47. The van der Waals surface area contributed by atoms with Gasteiger partial charge in [-0.3, -0.25) is 4.48 Å². The first-order valence-corrected chi connectivity index (χ1v) is 2.56. The lowest BCUT2D eigenvalue weighted by Gasteiger charge is -2.23. The van der Waals surface area contributed by atoms with Gasteiger partial charge in [0.25, 0.3) is 0 Å². The fourth-order valence-electron chi connectivity index (χ4n) is 0.289. The van der Waals surface area contributed by atoms with Gasteiger partial charge in [-0.15, -0.1) is 12.4 Å². The first-order chi connectivity index (χ1) is 3.62. The summed E-state index contributed by atoms with van der Waals surface area (Å²) in [6.07, 6.45) is 0. The number of nitrogens with zero attached hydrogens (tertiary/aromatic N) is 1. The van der Waals surface area contributed by atoms with Crippen LogP contribution in [0.25, 0.3) is 0 Å². The van der Waals surface area contributed by atoms with E-state index in [0.29, 0.717) is 0 Å². The Morgan fingerprint density at radius 2 is 1.67 bits per heavy atom. The molecule has 0 spiro atoms. The molecule has 0 aliphatic carbocycles. The molecule has 1 nitrogen and oxygen atoms in total. The quantitative estimate of drug-likeness (QED) is 0.432. The lowest BCUT2D eigenvalue weighted by atomic mass is 10.5. The summed E-state index contributed by atoms with van der Waals surface area (Å²) in [5.74, 6) is 0. The van der Waals surface area contributed by atoms with E-state index in [-0.39, 0.29) is 23.4 Å². The van der Waals surface area contributed by atoms with Crippen LogP contribution in [0.4, 0.5) is 8.78 Å². The lowest BCUT2D eigenvalue weighted by molar-refractivity contribution is -0.902. The van der Waals surface area contributed by atoms with Crippen LogP contribution in [0, 0.1) is 0 Å². The van der Waals surface area contributed by atoms with Crippen molar-refractivity contribution in [2.24, 2.45) is 0 Å². The fraction of sp³-hybridized carbons (Fsp3) is 1.00. The molecule has 0 N–H and O–H groups in total. The third-order valence-electron chi connectivity index (χ3n) is 1.01. The summed E-state index contributed by atoms with van der Waals surface area (Å²) in [6.45, 7) is -0.683. The van der Waals surface area contributed by atoms with Gasteiger partial charge in [0.05, 0.1) is 14.1 Å². The van der Waals surface area contributed by atoms with Gasteiger partial charge in [-0.05, 0) is 0 Å². The molecule has 0 saturated heterocycles. The largest absolute Gasteiger partial charge is 0.300 e. The summed E-state index contributed by atoms with van der Waals surface area (Å²) in [7, 11) is 3.30. The summed E-state index contributed by atoms with van der Waals surface area (Å²) < 4.78 is 23.4. The van der Waals surface area contributed by atoms with Gasteiger partial charge in [0.1, 0.15) is 13.2 Å². The van der Waals surface area contributed by atoms with Crippen LogP contribution in [0.2, 0.25) is 0 Å². The van der Waals surface area contributed by atoms with Crippen molar-refractivity contribution >= 4 is 12.4 Å². The molecule has 0 fully saturated rings. The van der Waals surface area contributed by atoms with Gasteiger partial charge in [0.15, 0.2) is 0 Å². The molecule has 0 rings (SSSR count). The Morgan fingerprint density at radius 1 is 1.22 bits per heavy atom. The van der Waals surface area contributed by atoms with Crippen molar-refractivity contribution in [2.75, 3.05) is 34.1 Å². The normalized spacial score (nSPS) is 10.7. The third-order valence-corrected chi connectivity index (χ3v) is 1.01. The Hall–Kier alpha value is 0.110.